The summed E-state index contributed by atoms with van der Waals surface area (Å²) in [7, 11) is 1.60. The van der Waals surface area contributed by atoms with Crippen LogP contribution in [0.25, 0.3) is 11.0 Å². The fourth-order valence-electron chi connectivity index (χ4n) is 1.48. The van der Waals surface area contributed by atoms with Crippen LogP contribution in [0.15, 0.2) is 21.3 Å². The Morgan fingerprint density at radius 1 is 1.31 bits per heavy atom. The summed E-state index contributed by atoms with van der Waals surface area (Å²) in [4.78, 5) is 11.5. The monoisotopic (exact) mass is 442 g/mol. The number of hydrogen-bond acceptors (Lipinski definition) is 3. The first-order valence-electron chi connectivity index (χ1n) is 4.51. The van der Waals surface area contributed by atoms with Crippen LogP contribution >= 0.6 is 45.2 Å². The number of methoxy groups -OCH3 is 1. The van der Waals surface area contributed by atoms with Crippen molar-refractivity contribution in [1.82, 2.24) is 0 Å². The lowest BCUT2D eigenvalue weighted by molar-refractivity contribution is 0.411. The minimum Gasteiger partial charge on any atom is -0.496 e. The van der Waals surface area contributed by atoms with Crippen molar-refractivity contribution in [1.29, 1.82) is 0 Å². The summed E-state index contributed by atoms with van der Waals surface area (Å²) in [5, 5.41) is 0.953. The van der Waals surface area contributed by atoms with Crippen molar-refractivity contribution in [2.45, 2.75) is 6.92 Å². The van der Waals surface area contributed by atoms with Gasteiger partial charge in [0.05, 0.1) is 10.7 Å². The highest BCUT2D eigenvalue weighted by atomic mass is 127. The van der Waals surface area contributed by atoms with E-state index in [4.69, 9.17) is 9.15 Å². The summed E-state index contributed by atoms with van der Waals surface area (Å²) < 4.78 is 12.0. The van der Waals surface area contributed by atoms with Crippen LogP contribution in [-0.2, 0) is 0 Å². The summed E-state index contributed by atoms with van der Waals surface area (Å²) in [6.07, 6.45) is 0. The van der Waals surface area contributed by atoms with Gasteiger partial charge in [0.25, 0.3) is 0 Å². The quantitative estimate of drug-likeness (QED) is 0.503. The molecule has 16 heavy (non-hydrogen) atoms. The number of ether oxygens (including phenoxy) is 1. The van der Waals surface area contributed by atoms with E-state index in [1.807, 2.05) is 35.6 Å². The summed E-state index contributed by atoms with van der Waals surface area (Å²) in [6, 6.07) is 3.72. The second-order valence-electron chi connectivity index (χ2n) is 3.31. The zero-order valence-electron chi connectivity index (χ0n) is 8.64. The van der Waals surface area contributed by atoms with Gasteiger partial charge in [0.1, 0.15) is 14.9 Å². The minimum absolute atomic E-state index is 0.297. The fraction of sp³-hybridized carbons (Fsp3) is 0.182. The topological polar surface area (TPSA) is 39.4 Å². The lowest BCUT2D eigenvalue weighted by Gasteiger charge is -2.07. The average molecular weight is 442 g/mol. The molecule has 0 radical (unpaired) electrons. The molecule has 2 aromatic rings. The van der Waals surface area contributed by atoms with Gasteiger partial charge < -0.3 is 9.15 Å². The van der Waals surface area contributed by atoms with E-state index >= 15 is 0 Å². The van der Waals surface area contributed by atoms with Crippen LogP contribution in [0.2, 0.25) is 0 Å². The number of aryl methyl sites for hydroxylation is 1. The van der Waals surface area contributed by atoms with E-state index in [0.29, 0.717) is 9.15 Å². The van der Waals surface area contributed by atoms with E-state index in [2.05, 4.69) is 22.6 Å². The Hall–Kier alpha value is -0.310. The predicted octanol–water partition coefficient (Wildman–Crippen LogP) is 3.32. The Morgan fingerprint density at radius 2 is 2.00 bits per heavy atom. The molecule has 0 fully saturated rings. The standard InChI is InChI=1S/C11H8I2O3/c1-5-6-3-7(12)9(15-2)4-8(6)16-11(14)10(5)13/h3-4H,1-2H3. The van der Waals surface area contributed by atoms with Crippen molar-refractivity contribution in [2.75, 3.05) is 7.11 Å². The molecule has 0 atom stereocenters. The molecule has 1 aromatic heterocycles. The van der Waals surface area contributed by atoms with E-state index < -0.39 is 0 Å². The third-order valence-electron chi connectivity index (χ3n) is 2.37. The number of benzene rings is 1. The van der Waals surface area contributed by atoms with Gasteiger partial charge in [-0.3, -0.25) is 0 Å². The molecular formula is C11H8I2O3. The molecule has 0 aliphatic heterocycles. The molecule has 0 aliphatic rings. The molecule has 0 saturated heterocycles. The van der Waals surface area contributed by atoms with Gasteiger partial charge in [-0.1, -0.05) is 0 Å². The molecule has 0 unspecified atom stereocenters. The third-order valence-corrected chi connectivity index (χ3v) is 4.46. The Labute approximate surface area is 119 Å². The van der Waals surface area contributed by atoms with Crippen molar-refractivity contribution < 1.29 is 9.15 Å². The fourth-order valence-corrected chi connectivity index (χ4v) is 2.57. The highest BCUT2D eigenvalue weighted by Gasteiger charge is 2.11. The van der Waals surface area contributed by atoms with Crippen molar-refractivity contribution in [3.63, 3.8) is 0 Å². The molecule has 2 rings (SSSR count). The molecule has 84 valence electrons. The van der Waals surface area contributed by atoms with E-state index in [-0.39, 0.29) is 5.63 Å². The lowest BCUT2D eigenvalue weighted by atomic mass is 10.1. The van der Waals surface area contributed by atoms with E-state index in [9.17, 15) is 4.79 Å². The summed E-state index contributed by atoms with van der Waals surface area (Å²) in [6.45, 7) is 1.92. The normalized spacial score (nSPS) is 10.8. The largest absolute Gasteiger partial charge is 0.496 e. The Kier molecular flexibility index (Phi) is 3.43. The maximum atomic E-state index is 11.5. The molecule has 0 spiro atoms. The van der Waals surface area contributed by atoms with Crippen LogP contribution in [0.1, 0.15) is 5.56 Å². The van der Waals surface area contributed by atoms with Gasteiger partial charge in [-0.25, -0.2) is 4.79 Å². The van der Waals surface area contributed by atoms with Gasteiger partial charge in [0.2, 0.25) is 0 Å². The van der Waals surface area contributed by atoms with E-state index in [0.717, 1.165) is 20.3 Å². The molecule has 5 heteroatoms. The molecular weight excluding hydrogens is 434 g/mol. The minimum atomic E-state index is -0.297. The summed E-state index contributed by atoms with van der Waals surface area (Å²) in [5.41, 5.74) is 1.22. The first kappa shape index (κ1) is 12.2. The SMILES string of the molecule is COc1cc2oc(=O)c(I)c(C)c2cc1I. The third kappa shape index (κ3) is 1.94. The maximum absolute atomic E-state index is 11.5. The van der Waals surface area contributed by atoms with Crippen molar-refractivity contribution in [2.24, 2.45) is 0 Å². The summed E-state index contributed by atoms with van der Waals surface area (Å²) >= 11 is 4.20. The van der Waals surface area contributed by atoms with Gasteiger partial charge in [-0.15, -0.1) is 0 Å². The summed E-state index contributed by atoms with van der Waals surface area (Å²) in [5.74, 6) is 0.719. The van der Waals surface area contributed by atoms with Gasteiger partial charge in [-0.2, -0.15) is 0 Å². The highest BCUT2D eigenvalue weighted by Crippen LogP contribution is 2.29. The second-order valence-corrected chi connectivity index (χ2v) is 5.55. The maximum Gasteiger partial charge on any atom is 0.350 e. The van der Waals surface area contributed by atoms with Crippen molar-refractivity contribution in [3.05, 3.63) is 35.3 Å². The van der Waals surface area contributed by atoms with Crippen LogP contribution in [0.3, 0.4) is 0 Å². The number of hydrogen-bond donors (Lipinski definition) is 0. The lowest BCUT2D eigenvalue weighted by Crippen LogP contribution is -2.06. The number of fused-ring (bicyclic) bond motifs is 1. The number of rotatable bonds is 1. The van der Waals surface area contributed by atoms with E-state index in [1.54, 1.807) is 13.2 Å². The first-order valence-corrected chi connectivity index (χ1v) is 6.66. The smallest absolute Gasteiger partial charge is 0.350 e. The molecule has 0 aliphatic carbocycles. The first-order chi connectivity index (χ1) is 7.54. The zero-order valence-corrected chi connectivity index (χ0v) is 13.0. The Balaban J connectivity index is 2.92. The van der Waals surface area contributed by atoms with Gasteiger partial charge in [0.15, 0.2) is 0 Å². The molecule has 0 saturated carbocycles. The molecule has 0 amide bonds. The molecule has 1 aromatic carbocycles. The Morgan fingerprint density at radius 3 is 2.62 bits per heavy atom. The van der Waals surface area contributed by atoms with Crippen LogP contribution < -0.4 is 10.4 Å². The van der Waals surface area contributed by atoms with Gasteiger partial charge in [0, 0.05) is 11.5 Å². The van der Waals surface area contributed by atoms with Crippen LogP contribution in [-0.4, -0.2) is 7.11 Å². The Bertz CT molecular complexity index is 617. The zero-order chi connectivity index (χ0) is 11.9. The second kappa shape index (κ2) is 4.52. The van der Waals surface area contributed by atoms with Gasteiger partial charge in [-0.05, 0) is 63.7 Å². The van der Waals surface area contributed by atoms with E-state index in [1.165, 1.54) is 0 Å². The van der Waals surface area contributed by atoms with Crippen molar-refractivity contribution in [3.8, 4) is 5.75 Å². The van der Waals surface area contributed by atoms with Crippen LogP contribution in [0, 0.1) is 14.1 Å². The molecule has 0 N–H and O–H groups in total. The predicted molar refractivity (Wildman–Crippen MR) is 79.2 cm³/mol. The molecule has 0 bridgehead atoms. The average Bonchev–Trinajstić information content (AvgIpc) is 2.27. The van der Waals surface area contributed by atoms with Gasteiger partial charge >= 0.3 is 5.63 Å². The van der Waals surface area contributed by atoms with Crippen LogP contribution in [0.5, 0.6) is 5.75 Å². The van der Waals surface area contributed by atoms with Crippen molar-refractivity contribution >= 4 is 56.2 Å². The molecule has 1 heterocycles. The molecule has 3 nitrogen and oxygen atoms in total. The number of halogens is 2. The van der Waals surface area contributed by atoms with Crippen LogP contribution in [0.4, 0.5) is 0 Å². The highest BCUT2D eigenvalue weighted by molar-refractivity contribution is 14.1.